The molecule has 1 rings (SSSR count). The van der Waals surface area contributed by atoms with Crippen molar-refractivity contribution < 1.29 is 14.7 Å². The van der Waals surface area contributed by atoms with Crippen molar-refractivity contribution in [3.63, 3.8) is 0 Å². The standard InChI is InChI=1S/C11H11N3O3/c12-13-7-8-1-3-9(4-2-8)14-10(15)5-6-11(16)17/h1-7H,12H2,(H,14,15)(H,16,17)/b6-5+,13-7?. The van der Waals surface area contributed by atoms with Crippen LogP contribution in [0.1, 0.15) is 5.56 Å². The molecular formula is C11H11N3O3. The SMILES string of the molecule is NN=Cc1ccc(NC(=O)/C=C/C(=O)O)cc1. The van der Waals surface area contributed by atoms with Crippen molar-refractivity contribution in [3.05, 3.63) is 42.0 Å². The van der Waals surface area contributed by atoms with Crippen LogP contribution in [0.5, 0.6) is 0 Å². The molecule has 0 saturated heterocycles. The van der Waals surface area contributed by atoms with Gasteiger partial charge in [-0.2, -0.15) is 5.10 Å². The van der Waals surface area contributed by atoms with E-state index < -0.39 is 11.9 Å². The fraction of sp³-hybridized carbons (Fsp3) is 0. The van der Waals surface area contributed by atoms with Gasteiger partial charge in [-0.3, -0.25) is 4.79 Å². The molecular weight excluding hydrogens is 222 g/mol. The molecule has 0 aliphatic heterocycles. The number of hydrogen-bond donors (Lipinski definition) is 3. The maximum Gasteiger partial charge on any atom is 0.328 e. The first-order chi connectivity index (χ1) is 8.11. The number of anilines is 1. The largest absolute Gasteiger partial charge is 0.478 e. The lowest BCUT2D eigenvalue weighted by atomic mass is 10.2. The number of hydrazone groups is 1. The smallest absolute Gasteiger partial charge is 0.328 e. The molecule has 0 bridgehead atoms. The van der Waals surface area contributed by atoms with E-state index in [2.05, 4.69) is 10.4 Å². The van der Waals surface area contributed by atoms with E-state index in [0.29, 0.717) is 5.69 Å². The monoisotopic (exact) mass is 233 g/mol. The molecule has 0 aliphatic rings. The molecule has 0 radical (unpaired) electrons. The van der Waals surface area contributed by atoms with E-state index in [1.54, 1.807) is 24.3 Å². The third-order valence-corrected chi connectivity index (χ3v) is 1.78. The Morgan fingerprint density at radius 3 is 2.41 bits per heavy atom. The Hall–Kier alpha value is -2.63. The minimum absolute atomic E-state index is 0.507. The molecule has 1 amide bonds. The average Bonchev–Trinajstić information content (AvgIpc) is 2.29. The maximum atomic E-state index is 11.2. The third kappa shape index (κ3) is 4.61. The van der Waals surface area contributed by atoms with Gasteiger partial charge in [0.15, 0.2) is 0 Å². The Morgan fingerprint density at radius 1 is 1.24 bits per heavy atom. The molecule has 88 valence electrons. The van der Waals surface area contributed by atoms with Crippen molar-refractivity contribution in [1.29, 1.82) is 0 Å². The quantitative estimate of drug-likeness (QED) is 0.306. The summed E-state index contributed by atoms with van der Waals surface area (Å²) in [5.41, 5.74) is 1.35. The predicted molar refractivity (Wildman–Crippen MR) is 63.6 cm³/mol. The summed E-state index contributed by atoms with van der Waals surface area (Å²) in [5.74, 6) is 3.30. The highest BCUT2D eigenvalue weighted by Gasteiger charge is 1.98. The summed E-state index contributed by atoms with van der Waals surface area (Å²) in [7, 11) is 0. The van der Waals surface area contributed by atoms with Gasteiger partial charge in [0.2, 0.25) is 5.91 Å². The van der Waals surface area contributed by atoms with Gasteiger partial charge in [0, 0.05) is 17.8 Å². The molecule has 1 aromatic carbocycles. The number of aliphatic carboxylic acids is 1. The zero-order valence-corrected chi connectivity index (χ0v) is 8.83. The molecule has 0 spiro atoms. The highest BCUT2D eigenvalue weighted by molar-refractivity contribution is 6.02. The summed E-state index contributed by atoms with van der Waals surface area (Å²) >= 11 is 0. The number of nitrogens with one attached hydrogen (secondary N) is 1. The van der Waals surface area contributed by atoms with Crippen LogP contribution in [-0.2, 0) is 9.59 Å². The number of hydrogen-bond acceptors (Lipinski definition) is 4. The number of nitrogens with zero attached hydrogens (tertiary/aromatic N) is 1. The van der Waals surface area contributed by atoms with Crippen LogP contribution in [0.3, 0.4) is 0 Å². The Morgan fingerprint density at radius 2 is 1.88 bits per heavy atom. The Balaban J connectivity index is 2.63. The zero-order valence-electron chi connectivity index (χ0n) is 8.83. The second-order valence-electron chi connectivity index (χ2n) is 3.06. The molecule has 0 fully saturated rings. The highest BCUT2D eigenvalue weighted by Crippen LogP contribution is 2.08. The topological polar surface area (TPSA) is 105 Å². The van der Waals surface area contributed by atoms with Crippen LogP contribution in [0.2, 0.25) is 0 Å². The summed E-state index contributed by atoms with van der Waals surface area (Å²) in [6.45, 7) is 0. The molecule has 0 saturated carbocycles. The van der Waals surface area contributed by atoms with Gasteiger partial charge >= 0.3 is 5.97 Å². The number of benzene rings is 1. The maximum absolute atomic E-state index is 11.2. The number of amides is 1. The van der Waals surface area contributed by atoms with Crippen LogP contribution >= 0.6 is 0 Å². The van der Waals surface area contributed by atoms with Crippen LogP contribution < -0.4 is 11.2 Å². The number of carboxylic acids is 1. The lowest BCUT2D eigenvalue weighted by Crippen LogP contribution is -2.08. The van der Waals surface area contributed by atoms with E-state index in [1.807, 2.05) is 0 Å². The normalized spacial score (nSPS) is 10.8. The molecule has 0 unspecified atom stereocenters. The van der Waals surface area contributed by atoms with Crippen LogP contribution in [0.15, 0.2) is 41.5 Å². The van der Waals surface area contributed by atoms with E-state index in [9.17, 15) is 9.59 Å². The van der Waals surface area contributed by atoms with Gasteiger partial charge in [-0.1, -0.05) is 12.1 Å². The Kier molecular flexibility index (Phi) is 4.44. The fourth-order valence-electron chi connectivity index (χ4n) is 1.07. The number of carbonyl (C=O) groups is 2. The fourth-order valence-corrected chi connectivity index (χ4v) is 1.07. The van der Waals surface area contributed by atoms with Crippen molar-refractivity contribution in [2.75, 3.05) is 5.32 Å². The van der Waals surface area contributed by atoms with E-state index in [0.717, 1.165) is 17.7 Å². The first-order valence-electron chi connectivity index (χ1n) is 4.67. The molecule has 0 heterocycles. The van der Waals surface area contributed by atoms with Gasteiger partial charge in [0.05, 0.1) is 6.21 Å². The second kappa shape index (κ2) is 6.06. The van der Waals surface area contributed by atoms with Gasteiger partial charge in [0.25, 0.3) is 0 Å². The van der Waals surface area contributed by atoms with Gasteiger partial charge in [0.1, 0.15) is 0 Å². The van der Waals surface area contributed by atoms with Gasteiger partial charge in [-0.05, 0) is 17.7 Å². The lowest BCUT2D eigenvalue weighted by molar-refractivity contribution is -0.131. The van der Waals surface area contributed by atoms with Gasteiger partial charge in [-0.15, -0.1) is 0 Å². The number of nitrogens with two attached hydrogens (primary N) is 1. The molecule has 6 heteroatoms. The molecule has 0 aliphatic carbocycles. The third-order valence-electron chi connectivity index (χ3n) is 1.78. The predicted octanol–water partition coefficient (Wildman–Crippen LogP) is 0.558. The number of carboxylic acid groups (broad SMARTS) is 1. The van der Waals surface area contributed by atoms with Crippen LogP contribution in [0, 0.1) is 0 Å². The van der Waals surface area contributed by atoms with Crippen molar-refractivity contribution >= 4 is 23.8 Å². The summed E-state index contributed by atoms with van der Waals surface area (Å²) in [6.07, 6.45) is 3.18. The lowest BCUT2D eigenvalue weighted by Gasteiger charge is -2.01. The van der Waals surface area contributed by atoms with E-state index in [-0.39, 0.29) is 0 Å². The van der Waals surface area contributed by atoms with Crippen molar-refractivity contribution in [1.82, 2.24) is 0 Å². The minimum Gasteiger partial charge on any atom is -0.478 e. The summed E-state index contributed by atoms with van der Waals surface area (Å²) in [6, 6.07) is 6.74. The summed E-state index contributed by atoms with van der Waals surface area (Å²) < 4.78 is 0. The molecule has 17 heavy (non-hydrogen) atoms. The highest BCUT2D eigenvalue weighted by atomic mass is 16.4. The van der Waals surface area contributed by atoms with Crippen LogP contribution in [0.25, 0.3) is 0 Å². The number of carbonyl (C=O) groups excluding carboxylic acids is 1. The van der Waals surface area contributed by atoms with E-state index >= 15 is 0 Å². The molecule has 1 aromatic rings. The first kappa shape index (κ1) is 12.4. The van der Waals surface area contributed by atoms with Crippen molar-refractivity contribution in [3.8, 4) is 0 Å². The van der Waals surface area contributed by atoms with Gasteiger partial charge in [-0.25, -0.2) is 4.79 Å². The first-order valence-corrected chi connectivity index (χ1v) is 4.67. The van der Waals surface area contributed by atoms with Crippen LogP contribution in [0.4, 0.5) is 5.69 Å². The van der Waals surface area contributed by atoms with E-state index in [1.165, 1.54) is 6.21 Å². The molecule has 0 atom stereocenters. The summed E-state index contributed by atoms with van der Waals surface area (Å²) in [4.78, 5) is 21.4. The molecule has 6 nitrogen and oxygen atoms in total. The van der Waals surface area contributed by atoms with Crippen molar-refractivity contribution in [2.24, 2.45) is 10.9 Å². The summed E-state index contributed by atoms with van der Waals surface area (Å²) in [5, 5.41) is 14.2. The Labute approximate surface area is 97.4 Å². The van der Waals surface area contributed by atoms with Crippen molar-refractivity contribution in [2.45, 2.75) is 0 Å². The molecule has 0 aromatic heterocycles. The molecule has 4 N–H and O–H groups in total. The van der Waals surface area contributed by atoms with Crippen LogP contribution in [-0.4, -0.2) is 23.2 Å². The van der Waals surface area contributed by atoms with Gasteiger partial charge < -0.3 is 16.3 Å². The second-order valence-corrected chi connectivity index (χ2v) is 3.06. The minimum atomic E-state index is -1.17. The van der Waals surface area contributed by atoms with E-state index in [4.69, 9.17) is 10.9 Å². The zero-order chi connectivity index (χ0) is 12.7. The number of rotatable bonds is 4. The average molecular weight is 233 g/mol. The Bertz CT molecular complexity index is 463.